The lowest BCUT2D eigenvalue weighted by Gasteiger charge is -2.08. The molecule has 7 nitrogen and oxygen atoms in total. The van der Waals surface area contributed by atoms with E-state index in [1.54, 1.807) is 31.4 Å². The zero-order valence-corrected chi connectivity index (χ0v) is 14.7. The van der Waals surface area contributed by atoms with E-state index >= 15 is 0 Å². The van der Waals surface area contributed by atoms with Crippen molar-refractivity contribution < 1.29 is 19.1 Å². The fraction of sp³-hybridized carbons (Fsp3) is 0.263. The number of hydrogen-bond donors (Lipinski definition) is 2. The molecule has 2 rings (SSSR count). The summed E-state index contributed by atoms with van der Waals surface area (Å²) in [6.07, 6.45) is 3.50. The van der Waals surface area contributed by atoms with Gasteiger partial charge < -0.3 is 15.4 Å². The standard InChI is InChI=1S/C19H21N3O4/c1-13(23)14-4-6-17(7-5-14)22-19(25)16-10-15(11-20-12-16)18(24)21-8-3-9-26-2/h4-7,10-12H,3,8-9H2,1-2H3,(H,21,24)(H,22,25). The quantitative estimate of drug-likeness (QED) is 0.559. The predicted molar refractivity (Wildman–Crippen MR) is 97.5 cm³/mol. The third-order valence-electron chi connectivity index (χ3n) is 3.62. The minimum atomic E-state index is -0.387. The predicted octanol–water partition coefficient (Wildman–Crippen LogP) is 2.30. The van der Waals surface area contributed by atoms with E-state index in [4.69, 9.17) is 4.74 Å². The minimum absolute atomic E-state index is 0.0451. The highest BCUT2D eigenvalue weighted by Gasteiger charge is 2.11. The van der Waals surface area contributed by atoms with Crippen LogP contribution in [0.1, 0.15) is 44.4 Å². The van der Waals surface area contributed by atoms with Gasteiger partial charge in [0.1, 0.15) is 0 Å². The number of carbonyl (C=O) groups excluding carboxylic acids is 3. The van der Waals surface area contributed by atoms with Crippen molar-refractivity contribution in [1.29, 1.82) is 0 Å². The van der Waals surface area contributed by atoms with E-state index in [1.165, 1.54) is 25.4 Å². The van der Waals surface area contributed by atoms with Gasteiger partial charge >= 0.3 is 0 Å². The summed E-state index contributed by atoms with van der Waals surface area (Å²) in [7, 11) is 1.60. The van der Waals surface area contributed by atoms with Gasteiger partial charge in [0, 0.05) is 43.9 Å². The average Bonchev–Trinajstić information content (AvgIpc) is 2.65. The maximum Gasteiger partial charge on any atom is 0.257 e. The second-order valence-electron chi connectivity index (χ2n) is 5.65. The third kappa shape index (κ3) is 5.49. The molecule has 136 valence electrons. The molecule has 0 aliphatic carbocycles. The van der Waals surface area contributed by atoms with Crippen LogP contribution >= 0.6 is 0 Å². The number of carbonyl (C=O) groups is 3. The Labute approximate surface area is 151 Å². The first-order valence-electron chi connectivity index (χ1n) is 8.16. The van der Waals surface area contributed by atoms with Gasteiger partial charge in [0.15, 0.2) is 5.78 Å². The van der Waals surface area contributed by atoms with E-state index in [2.05, 4.69) is 15.6 Å². The van der Waals surface area contributed by atoms with Crippen molar-refractivity contribution in [3.05, 3.63) is 59.4 Å². The van der Waals surface area contributed by atoms with Gasteiger partial charge in [-0.1, -0.05) is 0 Å². The molecule has 0 spiro atoms. The molecule has 0 fully saturated rings. The van der Waals surface area contributed by atoms with Crippen LogP contribution in [0.2, 0.25) is 0 Å². The number of nitrogens with zero attached hydrogens (tertiary/aromatic N) is 1. The van der Waals surface area contributed by atoms with Crippen molar-refractivity contribution in [3.8, 4) is 0 Å². The number of aromatic nitrogens is 1. The van der Waals surface area contributed by atoms with Crippen molar-refractivity contribution in [2.45, 2.75) is 13.3 Å². The molecule has 2 N–H and O–H groups in total. The lowest BCUT2D eigenvalue weighted by molar-refractivity contribution is 0.0947. The Kier molecular flexibility index (Phi) is 6.99. The van der Waals surface area contributed by atoms with Crippen molar-refractivity contribution >= 4 is 23.3 Å². The zero-order chi connectivity index (χ0) is 18.9. The minimum Gasteiger partial charge on any atom is -0.385 e. The van der Waals surface area contributed by atoms with Gasteiger partial charge in [0.25, 0.3) is 11.8 Å². The van der Waals surface area contributed by atoms with Crippen LogP contribution < -0.4 is 10.6 Å². The maximum absolute atomic E-state index is 12.3. The number of ketones is 1. The Balaban J connectivity index is 2.00. The van der Waals surface area contributed by atoms with Gasteiger partial charge in [-0.3, -0.25) is 19.4 Å². The van der Waals surface area contributed by atoms with Crippen LogP contribution in [0.25, 0.3) is 0 Å². The number of hydrogen-bond acceptors (Lipinski definition) is 5. The van der Waals surface area contributed by atoms with Gasteiger partial charge in [-0.25, -0.2) is 0 Å². The van der Waals surface area contributed by atoms with Crippen LogP contribution in [0.5, 0.6) is 0 Å². The maximum atomic E-state index is 12.3. The van der Waals surface area contributed by atoms with Gasteiger partial charge in [-0.15, -0.1) is 0 Å². The summed E-state index contributed by atoms with van der Waals surface area (Å²) in [6, 6.07) is 8.06. The number of pyridine rings is 1. The van der Waals surface area contributed by atoms with E-state index < -0.39 is 0 Å². The molecule has 7 heteroatoms. The topological polar surface area (TPSA) is 97.4 Å². The summed E-state index contributed by atoms with van der Waals surface area (Å²) in [5.74, 6) is -0.729. The summed E-state index contributed by atoms with van der Waals surface area (Å²) in [6.45, 7) is 2.51. The molecule has 0 aliphatic heterocycles. The SMILES string of the molecule is COCCCNC(=O)c1cncc(C(=O)Nc2ccc(C(C)=O)cc2)c1. The molecule has 2 amide bonds. The lowest BCUT2D eigenvalue weighted by Crippen LogP contribution is -2.25. The van der Waals surface area contributed by atoms with Crippen LogP contribution in [-0.4, -0.2) is 42.8 Å². The lowest BCUT2D eigenvalue weighted by atomic mass is 10.1. The van der Waals surface area contributed by atoms with Gasteiger partial charge in [0.2, 0.25) is 0 Å². The highest BCUT2D eigenvalue weighted by atomic mass is 16.5. The molecule has 1 heterocycles. The van der Waals surface area contributed by atoms with Crippen LogP contribution in [0.3, 0.4) is 0 Å². The van der Waals surface area contributed by atoms with Crippen molar-refractivity contribution in [1.82, 2.24) is 10.3 Å². The normalized spacial score (nSPS) is 10.2. The molecule has 0 unspecified atom stereocenters. The number of benzene rings is 1. The van der Waals surface area contributed by atoms with E-state index in [-0.39, 0.29) is 23.2 Å². The van der Waals surface area contributed by atoms with E-state index in [9.17, 15) is 14.4 Å². The fourth-order valence-corrected chi connectivity index (χ4v) is 2.20. The molecule has 0 bridgehead atoms. The molecule has 0 radical (unpaired) electrons. The summed E-state index contributed by atoms with van der Waals surface area (Å²) in [4.78, 5) is 39.7. The first-order chi connectivity index (χ1) is 12.5. The summed E-state index contributed by atoms with van der Waals surface area (Å²) >= 11 is 0. The Bertz CT molecular complexity index is 788. The number of rotatable bonds is 8. The molecular weight excluding hydrogens is 334 g/mol. The number of anilines is 1. The summed E-state index contributed by atoms with van der Waals surface area (Å²) < 4.78 is 4.92. The van der Waals surface area contributed by atoms with E-state index in [0.717, 1.165) is 0 Å². The monoisotopic (exact) mass is 355 g/mol. The number of nitrogens with one attached hydrogen (secondary N) is 2. The van der Waals surface area contributed by atoms with Crippen molar-refractivity contribution in [2.24, 2.45) is 0 Å². The summed E-state index contributed by atoms with van der Waals surface area (Å²) in [5.41, 5.74) is 1.69. The van der Waals surface area contributed by atoms with E-state index in [0.29, 0.717) is 36.4 Å². The molecule has 26 heavy (non-hydrogen) atoms. The van der Waals surface area contributed by atoms with Crippen molar-refractivity contribution in [3.63, 3.8) is 0 Å². The number of amides is 2. The molecule has 1 aromatic carbocycles. The second kappa shape index (κ2) is 9.43. The first-order valence-corrected chi connectivity index (χ1v) is 8.16. The highest BCUT2D eigenvalue weighted by Crippen LogP contribution is 2.12. The van der Waals surface area contributed by atoms with Crippen LogP contribution in [0.4, 0.5) is 5.69 Å². The molecular formula is C19H21N3O4. The van der Waals surface area contributed by atoms with Crippen LogP contribution in [0.15, 0.2) is 42.7 Å². The third-order valence-corrected chi connectivity index (χ3v) is 3.62. The van der Waals surface area contributed by atoms with Gasteiger partial charge in [0.05, 0.1) is 11.1 Å². The Morgan fingerprint density at radius 3 is 2.27 bits per heavy atom. The molecule has 2 aromatic rings. The number of Topliss-reactive ketones (excluding diaryl/α,β-unsaturated/α-hetero) is 1. The van der Waals surface area contributed by atoms with E-state index in [1.807, 2.05) is 0 Å². The molecule has 0 saturated carbocycles. The first kappa shape index (κ1) is 19.3. The van der Waals surface area contributed by atoms with Crippen molar-refractivity contribution in [2.75, 3.05) is 25.6 Å². The van der Waals surface area contributed by atoms with Crippen LogP contribution in [0, 0.1) is 0 Å². The van der Waals surface area contributed by atoms with Gasteiger partial charge in [-0.05, 0) is 43.7 Å². The van der Waals surface area contributed by atoms with Crippen LogP contribution in [-0.2, 0) is 4.74 Å². The number of ether oxygens (including phenoxy) is 1. The second-order valence-corrected chi connectivity index (χ2v) is 5.65. The average molecular weight is 355 g/mol. The Morgan fingerprint density at radius 1 is 1.00 bits per heavy atom. The molecule has 1 aromatic heterocycles. The summed E-state index contributed by atoms with van der Waals surface area (Å²) in [5, 5.41) is 5.46. The largest absolute Gasteiger partial charge is 0.385 e. The Morgan fingerprint density at radius 2 is 1.65 bits per heavy atom. The molecule has 0 saturated heterocycles. The number of methoxy groups -OCH3 is 1. The molecule has 0 aliphatic rings. The smallest absolute Gasteiger partial charge is 0.257 e. The molecule has 0 atom stereocenters. The highest BCUT2D eigenvalue weighted by molar-refractivity contribution is 6.06. The fourth-order valence-electron chi connectivity index (χ4n) is 2.20. The van der Waals surface area contributed by atoms with Gasteiger partial charge in [-0.2, -0.15) is 0 Å². The Hall–Kier alpha value is -3.06. The zero-order valence-electron chi connectivity index (χ0n) is 14.7.